The van der Waals surface area contributed by atoms with Crippen molar-refractivity contribution in [2.24, 2.45) is 5.92 Å². The Morgan fingerprint density at radius 3 is 2.90 bits per heavy atom. The van der Waals surface area contributed by atoms with Gasteiger partial charge in [-0.3, -0.25) is 4.79 Å². The Morgan fingerprint density at radius 1 is 1.31 bits per heavy atom. The van der Waals surface area contributed by atoms with Crippen molar-refractivity contribution >= 4 is 11.6 Å². The second-order valence-electron chi connectivity index (χ2n) is 8.85. The van der Waals surface area contributed by atoms with Gasteiger partial charge in [0.2, 0.25) is 5.91 Å². The van der Waals surface area contributed by atoms with Crippen LogP contribution in [0.4, 0.5) is 10.1 Å². The van der Waals surface area contributed by atoms with Gasteiger partial charge < -0.3 is 20.3 Å². The van der Waals surface area contributed by atoms with Gasteiger partial charge >= 0.3 is 0 Å². The number of nitrogens with one attached hydrogen (secondary N) is 4. The molecule has 4 N–H and O–H groups in total. The van der Waals surface area contributed by atoms with Crippen molar-refractivity contribution in [2.75, 3.05) is 26.0 Å². The summed E-state index contributed by atoms with van der Waals surface area (Å²) in [6, 6.07) is 2.94. The van der Waals surface area contributed by atoms with Crippen LogP contribution in [-0.4, -0.2) is 56.0 Å². The zero-order valence-corrected chi connectivity index (χ0v) is 17.4. The number of aryl methyl sites for hydroxylation is 1. The minimum Gasteiger partial charge on any atom is -0.373 e. The summed E-state index contributed by atoms with van der Waals surface area (Å²) < 4.78 is 20.2. The van der Waals surface area contributed by atoms with Crippen LogP contribution in [-0.2, 0) is 16.0 Å². The van der Waals surface area contributed by atoms with Crippen molar-refractivity contribution in [3.8, 4) is 0 Å². The number of nitrogens with zero attached hydrogens (tertiary/aromatic N) is 1. The molecule has 0 radical (unpaired) electrons. The Labute approximate surface area is 171 Å². The molecular weight excluding hydrogens is 373 g/mol. The van der Waals surface area contributed by atoms with Crippen molar-refractivity contribution in [1.29, 1.82) is 0 Å². The monoisotopic (exact) mass is 405 g/mol. The van der Waals surface area contributed by atoms with Crippen molar-refractivity contribution < 1.29 is 13.9 Å². The van der Waals surface area contributed by atoms with E-state index >= 15 is 0 Å². The van der Waals surface area contributed by atoms with E-state index in [2.05, 4.69) is 26.4 Å². The number of rotatable bonds is 5. The highest BCUT2D eigenvalue weighted by Crippen LogP contribution is 2.32. The van der Waals surface area contributed by atoms with Gasteiger partial charge in [-0.2, -0.15) is 0 Å². The lowest BCUT2D eigenvalue weighted by atomic mass is 9.84. The molecule has 0 spiro atoms. The van der Waals surface area contributed by atoms with Crippen molar-refractivity contribution in [3.63, 3.8) is 0 Å². The fourth-order valence-corrected chi connectivity index (χ4v) is 4.73. The number of carbonyl (C=O) groups excluding carboxylic acids is 1. The molecule has 1 amide bonds. The zero-order valence-electron chi connectivity index (χ0n) is 17.4. The van der Waals surface area contributed by atoms with E-state index in [0.717, 1.165) is 43.5 Å². The summed E-state index contributed by atoms with van der Waals surface area (Å²) in [7, 11) is 4.04. The third kappa shape index (κ3) is 4.55. The standard InChI is InChI=1S/C21H32FN5O2/c1-12-7-8-16(22)15-10-17(24-19(12)15)20(28)23-14-6-4-5-13(9-14)21-26-25-18(29-21)11-27(2)3/h7-8,13-14,17-18,21,24-26H,4-6,9-11H2,1-3H3,(H,23,28)/t13-,14+,17?,18?,21?/m0/s1. The van der Waals surface area contributed by atoms with E-state index in [1.807, 2.05) is 21.0 Å². The SMILES string of the molecule is Cc1ccc(F)c2c1NC(C(=O)N[C@@H]1CCC[C@H](C3NNC(CN(C)C)O3)C1)C2. The number of ether oxygens (including phenoxy) is 1. The summed E-state index contributed by atoms with van der Waals surface area (Å²) in [5.74, 6) is 0.0621. The van der Waals surface area contributed by atoms with Gasteiger partial charge in [-0.15, -0.1) is 0 Å². The Bertz CT molecular complexity index is 728. The van der Waals surface area contributed by atoms with Gasteiger partial charge in [-0.25, -0.2) is 15.2 Å². The summed E-state index contributed by atoms with van der Waals surface area (Å²) >= 11 is 0. The first-order chi connectivity index (χ1) is 13.9. The Kier molecular flexibility index (Phi) is 6.06. The zero-order chi connectivity index (χ0) is 20.5. The smallest absolute Gasteiger partial charge is 0.243 e. The highest BCUT2D eigenvalue weighted by Gasteiger charge is 2.36. The van der Waals surface area contributed by atoms with E-state index in [9.17, 15) is 9.18 Å². The minimum absolute atomic E-state index is 0.0238. The molecule has 0 aromatic heterocycles. The molecule has 8 heteroatoms. The number of likely N-dealkylation sites (N-methyl/N-ethyl adjacent to an activating group) is 1. The quantitative estimate of drug-likeness (QED) is 0.595. The second-order valence-corrected chi connectivity index (χ2v) is 8.85. The molecule has 2 heterocycles. The fraction of sp³-hybridized carbons (Fsp3) is 0.667. The molecule has 3 unspecified atom stereocenters. The fourth-order valence-electron chi connectivity index (χ4n) is 4.73. The number of hydrazine groups is 1. The van der Waals surface area contributed by atoms with Crippen molar-refractivity contribution in [2.45, 2.75) is 63.6 Å². The summed E-state index contributed by atoms with van der Waals surface area (Å²) in [6.45, 7) is 2.74. The van der Waals surface area contributed by atoms with Crippen LogP contribution in [0.15, 0.2) is 12.1 Å². The molecule has 2 aliphatic heterocycles. The van der Waals surface area contributed by atoms with E-state index in [-0.39, 0.29) is 30.2 Å². The first-order valence-corrected chi connectivity index (χ1v) is 10.6. The van der Waals surface area contributed by atoms with Crippen LogP contribution in [0.5, 0.6) is 0 Å². The maximum Gasteiger partial charge on any atom is 0.243 e. The molecule has 1 aromatic rings. The van der Waals surface area contributed by atoms with E-state index in [1.165, 1.54) is 6.07 Å². The summed E-state index contributed by atoms with van der Waals surface area (Å²) in [5.41, 5.74) is 8.84. The Morgan fingerprint density at radius 2 is 2.14 bits per heavy atom. The first kappa shape index (κ1) is 20.5. The first-order valence-electron chi connectivity index (χ1n) is 10.6. The molecule has 5 atom stereocenters. The number of halogens is 1. The lowest BCUT2D eigenvalue weighted by Crippen LogP contribution is -2.48. The second kappa shape index (κ2) is 8.55. The molecule has 1 saturated carbocycles. The van der Waals surface area contributed by atoms with Crippen LogP contribution in [0.3, 0.4) is 0 Å². The maximum atomic E-state index is 14.1. The normalized spacial score (nSPS) is 31.6. The maximum absolute atomic E-state index is 14.1. The molecule has 7 nitrogen and oxygen atoms in total. The molecule has 1 aromatic carbocycles. The lowest BCUT2D eigenvalue weighted by Gasteiger charge is -2.33. The van der Waals surface area contributed by atoms with Gasteiger partial charge in [-0.05, 0) is 51.9 Å². The highest BCUT2D eigenvalue weighted by atomic mass is 19.1. The van der Waals surface area contributed by atoms with E-state index in [0.29, 0.717) is 17.9 Å². The topological polar surface area (TPSA) is 77.7 Å². The minimum atomic E-state index is -0.409. The predicted octanol–water partition coefficient (Wildman–Crippen LogP) is 1.48. The average Bonchev–Trinajstić information content (AvgIpc) is 3.33. The van der Waals surface area contributed by atoms with Crippen LogP contribution >= 0.6 is 0 Å². The van der Waals surface area contributed by atoms with Crippen LogP contribution in [0.25, 0.3) is 0 Å². The van der Waals surface area contributed by atoms with Gasteiger partial charge in [-0.1, -0.05) is 12.5 Å². The van der Waals surface area contributed by atoms with E-state index in [4.69, 9.17) is 4.74 Å². The van der Waals surface area contributed by atoms with Gasteiger partial charge in [0.05, 0.1) is 0 Å². The molecule has 2 fully saturated rings. The van der Waals surface area contributed by atoms with Crippen molar-refractivity contribution in [1.82, 2.24) is 21.1 Å². The van der Waals surface area contributed by atoms with Gasteiger partial charge in [0.1, 0.15) is 24.3 Å². The number of fused-ring (bicyclic) bond motifs is 1. The summed E-state index contributed by atoms with van der Waals surface area (Å²) in [5, 5.41) is 6.42. The number of hydrogen-bond donors (Lipinski definition) is 4. The molecule has 160 valence electrons. The molecule has 1 aliphatic carbocycles. The number of benzene rings is 1. The molecule has 1 saturated heterocycles. The molecule has 29 heavy (non-hydrogen) atoms. The van der Waals surface area contributed by atoms with E-state index in [1.54, 1.807) is 6.07 Å². The van der Waals surface area contributed by atoms with Crippen LogP contribution < -0.4 is 21.5 Å². The lowest BCUT2D eigenvalue weighted by molar-refractivity contribution is -0.123. The summed E-state index contributed by atoms with van der Waals surface area (Å²) in [6.07, 6.45) is 4.33. The van der Waals surface area contributed by atoms with Crippen molar-refractivity contribution in [3.05, 3.63) is 29.1 Å². The third-order valence-corrected chi connectivity index (χ3v) is 6.23. The average molecular weight is 406 g/mol. The predicted molar refractivity (Wildman–Crippen MR) is 110 cm³/mol. The van der Waals surface area contributed by atoms with Crippen LogP contribution in [0, 0.1) is 18.7 Å². The molecule has 3 aliphatic rings. The van der Waals surface area contributed by atoms with Gasteiger partial charge in [0, 0.05) is 36.2 Å². The number of amides is 1. The molecule has 0 bridgehead atoms. The number of hydrogen-bond acceptors (Lipinski definition) is 6. The molecular formula is C21H32FN5O2. The van der Waals surface area contributed by atoms with Gasteiger partial charge in [0.25, 0.3) is 0 Å². The van der Waals surface area contributed by atoms with Gasteiger partial charge in [0.15, 0.2) is 0 Å². The number of carbonyl (C=O) groups is 1. The molecule has 4 rings (SSSR count). The summed E-state index contributed by atoms with van der Waals surface area (Å²) in [4.78, 5) is 14.9. The number of anilines is 1. The Hall–Kier alpha value is -1.74. The van der Waals surface area contributed by atoms with E-state index < -0.39 is 6.04 Å². The highest BCUT2D eigenvalue weighted by molar-refractivity contribution is 5.88. The van der Waals surface area contributed by atoms with Crippen LogP contribution in [0.1, 0.15) is 36.8 Å². The Balaban J connectivity index is 1.31. The third-order valence-electron chi connectivity index (χ3n) is 6.23. The largest absolute Gasteiger partial charge is 0.373 e. The van der Waals surface area contributed by atoms with Crippen LogP contribution in [0.2, 0.25) is 0 Å².